The van der Waals surface area contributed by atoms with Gasteiger partial charge in [0.2, 0.25) is 0 Å². The number of nitrogens with zero attached hydrogens (tertiary/aromatic N) is 3. The molecule has 0 atom stereocenters. The molecular formula is C16H23N5O. The van der Waals surface area contributed by atoms with E-state index in [9.17, 15) is 4.79 Å². The summed E-state index contributed by atoms with van der Waals surface area (Å²) in [5.41, 5.74) is 3.23. The van der Waals surface area contributed by atoms with Crippen LogP contribution in [0.15, 0.2) is 24.3 Å². The van der Waals surface area contributed by atoms with Crippen LogP contribution in [0.4, 0.5) is 10.6 Å². The van der Waals surface area contributed by atoms with Crippen LogP contribution in [0.3, 0.4) is 0 Å². The number of carbonyl (C=O) groups is 1. The zero-order valence-corrected chi connectivity index (χ0v) is 13.6. The molecule has 0 aliphatic heterocycles. The normalized spacial score (nSPS) is 10.8. The molecule has 0 bridgehead atoms. The minimum atomic E-state index is -0.275. The fourth-order valence-electron chi connectivity index (χ4n) is 2.22. The Kier molecular flexibility index (Phi) is 5.14. The lowest BCUT2D eigenvalue weighted by Crippen LogP contribution is -2.29. The van der Waals surface area contributed by atoms with Crippen molar-refractivity contribution in [2.24, 2.45) is 13.0 Å². The summed E-state index contributed by atoms with van der Waals surface area (Å²) in [7, 11) is 1.79. The second-order valence-corrected chi connectivity index (χ2v) is 5.82. The monoisotopic (exact) mass is 301 g/mol. The van der Waals surface area contributed by atoms with Gasteiger partial charge in [0.15, 0.2) is 5.82 Å². The van der Waals surface area contributed by atoms with E-state index in [1.807, 2.05) is 25.1 Å². The number of urea groups is 1. The van der Waals surface area contributed by atoms with Crippen molar-refractivity contribution in [1.82, 2.24) is 20.3 Å². The first-order valence-corrected chi connectivity index (χ1v) is 7.45. The highest BCUT2D eigenvalue weighted by Crippen LogP contribution is 2.14. The van der Waals surface area contributed by atoms with E-state index in [0.717, 1.165) is 17.7 Å². The first kappa shape index (κ1) is 16.0. The molecule has 2 amide bonds. The number of amides is 2. The van der Waals surface area contributed by atoms with Crippen molar-refractivity contribution in [3.63, 3.8) is 0 Å². The minimum absolute atomic E-state index is 0.275. The zero-order chi connectivity index (χ0) is 16.1. The summed E-state index contributed by atoms with van der Waals surface area (Å²) in [4.78, 5) is 12.0. The Hall–Kier alpha value is -2.37. The van der Waals surface area contributed by atoms with Crippen LogP contribution >= 0.6 is 0 Å². The van der Waals surface area contributed by atoms with Gasteiger partial charge in [-0.1, -0.05) is 43.3 Å². The molecule has 6 heteroatoms. The Morgan fingerprint density at radius 1 is 1.27 bits per heavy atom. The summed E-state index contributed by atoms with van der Waals surface area (Å²) in [6.07, 6.45) is 1.00. The third kappa shape index (κ3) is 4.07. The van der Waals surface area contributed by atoms with Gasteiger partial charge in [-0.3, -0.25) is 10.00 Å². The highest BCUT2D eigenvalue weighted by atomic mass is 16.2. The number of carbonyl (C=O) groups excluding carboxylic acids is 1. The average molecular weight is 301 g/mol. The maximum absolute atomic E-state index is 12.0. The molecule has 0 unspecified atom stereocenters. The Labute approximate surface area is 130 Å². The molecule has 2 aromatic rings. The topological polar surface area (TPSA) is 71.8 Å². The van der Waals surface area contributed by atoms with Crippen LogP contribution in [0.5, 0.6) is 0 Å². The van der Waals surface area contributed by atoms with Gasteiger partial charge in [-0.25, -0.2) is 4.79 Å². The van der Waals surface area contributed by atoms with Crippen molar-refractivity contribution < 1.29 is 4.79 Å². The van der Waals surface area contributed by atoms with Crippen LogP contribution in [0, 0.1) is 12.8 Å². The first-order chi connectivity index (χ1) is 10.5. The number of aromatic nitrogens is 3. The van der Waals surface area contributed by atoms with E-state index in [1.54, 1.807) is 11.7 Å². The smallest absolute Gasteiger partial charge is 0.320 e. The third-order valence-electron chi connectivity index (χ3n) is 3.52. The molecule has 2 rings (SSSR count). The largest absolute Gasteiger partial charge is 0.334 e. The van der Waals surface area contributed by atoms with Crippen LogP contribution in [0.2, 0.25) is 0 Å². The van der Waals surface area contributed by atoms with Gasteiger partial charge in [0.25, 0.3) is 0 Å². The predicted octanol–water partition coefficient (Wildman–Crippen LogP) is 2.64. The quantitative estimate of drug-likeness (QED) is 0.891. The summed E-state index contributed by atoms with van der Waals surface area (Å²) in [6, 6.07) is 7.91. The van der Waals surface area contributed by atoms with Crippen molar-refractivity contribution in [3.8, 4) is 0 Å². The Balaban J connectivity index is 1.95. The summed E-state index contributed by atoms with van der Waals surface area (Å²) < 4.78 is 1.62. The summed E-state index contributed by atoms with van der Waals surface area (Å²) in [5.74, 6) is 1.06. The lowest BCUT2D eigenvalue weighted by Gasteiger charge is -2.12. The predicted molar refractivity (Wildman–Crippen MR) is 86.6 cm³/mol. The molecule has 0 fully saturated rings. The average Bonchev–Trinajstić information content (AvgIpc) is 2.78. The molecule has 1 aromatic heterocycles. The number of rotatable bonds is 5. The van der Waals surface area contributed by atoms with Gasteiger partial charge >= 0.3 is 6.03 Å². The van der Waals surface area contributed by atoms with Crippen LogP contribution < -0.4 is 10.6 Å². The Bertz CT molecular complexity index is 648. The SMILES string of the molecule is Cc1c(NC(=O)NCc2ccccc2CC(C)C)nnn1C. The van der Waals surface area contributed by atoms with Crippen molar-refractivity contribution >= 4 is 11.8 Å². The van der Waals surface area contributed by atoms with E-state index in [1.165, 1.54) is 5.56 Å². The highest BCUT2D eigenvalue weighted by Gasteiger charge is 2.10. The molecular weight excluding hydrogens is 278 g/mol. The van der Waals surface area contributed by atoms with Gasteiger partial charge in [0.05, 0.1) is 5.69 Å². The van der Waals surface area contributed by atoms with Gasteiger partial charge in [-0.15, -0.1) is 5.10 Å². The summed E-state index contributed by atoms with van der Waals surface area (Å²) in [5, 5.41) is 13.4. The van der Waals surface area contributed by atoms with Gasteiger partial charge in [0.1, 0.15) is 0 Å². The second kappa shape index (κ2) is 7.06. The fourth-order valence-corrected chi connectivity index (χ4v) is 2.22. The molecule has 22 heavy (non-hydrogen) atoms. The van der Waals surface area contributed by atoms with Gasteiger partial charge in [-0.05, 0) is 30.4 Å². The Morgan fingerprint density at radius 2 is 1.95 bits per heavy atom. The molecule has 0 spiro atoms. The summed E-state index contributed by atoms with van der Waals surface area (Å²) in [6.45, 7) is 6.73. The van der Waals surface area contributed by atoms with E-state index in [4.69, 9.17) is 0 Å². The molecule has 0 saturated carbocycles. The van der Waals surface area contributed by atoms with Crippen molar-refractivity contribution in [2.75, 3.05) is 5.32 Å². The molecule has 1 aromatic carbocycles. The number of hydrogen-bond acceptors (Lipinski definition) is 3. The van der Waals surface area contributed by atoms with Gasteiger partial charge < -0.3 is 5.32 Å². The second-order valence-electron chi connectivity index (χ2n) is 5.82. The maximum atomic E-state index is 12.0. The molecule has 118 valence electrons. The van der Waals surface area contributed by atoms with Crippen molar-refractivity contribution in [1.29, 1.82) is 0 Å². The minimum Gasteiger partial charge on any atom is -0.334 e. The molecule has 2 N–H and O–H groups in total. The van der Waals surface area contributed by atoms with Crippen molar-refractivity contribution in [3.05, 3.63) is 41.1 Å². The number of hydrogen-bond donors (Lipinski definition) is 2. The molecule has 0 aliphatic rings. The first-order valence-electron chi connectivity index (χ1n) is 7.45. The molecule has 1 heterocycles. The number of aryl methyl sites for hydroxylation is 1. The maximum Gasteiger partial charge on any atom is 0.320 e. The lowest BCUT2D eigenvalue weighted by molar-refractivity contribution is 0.251. The van der Waals surface area contributed by atoms with Crippen LogP contribution in [0.25, 0.3) is 0 Å². The summed E-state index contributed by atoms with van der Waals surface area (Å²) >= 11 is 0. The zero-order valence-electron chi connectivity index (χ0n) is 13.6. The molecule has 0 radical (unpaired) electrons. The van der Waals surface area contributed by atoms with E-state index in [0.29, 0.717) is 18.3 Å². The van der Waals surface area contributed by atoms with Gasteiger partial charge in [-0.2, -0.15) is 0 Å². The van der Waals surface area contributed by atoms with Crippen LogP contribution in [0.1, 0.15) is 30.7 Å². The van der Waals surface area contributed by atoms with E-state index in [2.05, 4.69) is 40.9 Å². The number of anilines is 1. The molecule has 0 saturated heterocycles. The Morgan fingerprint density at radius 3 is 2.55 bits per heavy atom. The van der Waals surface area contributed by atoms with E-state index >= 15 is 0 Å². The number of benzene rings is 1. The highest BCUT2D eigenvalue weighted by molar-refractivity contribution is 5.88. The van der Waals surface area contributed by atoms with Crippen LogP contribution in [-0.4, -0.2) is 21.0 Å². The lowest BCUT2D eigenvalue weighted by atomic mass is 9.98. The van der Waals surface area contributed by atoms with E-state index < -0.39 is 0 Å². The fraction of sp³-hybridized carbons (Fsp3) is 0.438. The third-order valence-corrected chi connectivity index (χ3v) is 3.52. The molecule has 0 aliphatic carbocycles. The number of nitrogens with one attached hydrogen (secondary N) is 2. The molecule has 6 nitrogen and oxygen atoms in total. The van der Waals surface area contributed by atoms with Crippen molar-refractivity contribution in [2.45, 2.75) is 33.7 Å². The van der Waals surface area contributed by atoms with E-state index in [-0.39, 0.29) is 6.03 Å². The standard InChI is InChI=1S/C16H23N5O/c1-11(2)9-13-7-5-6-8-14(13)10-17-16(22)18-15-12(3)21(4)20-19-15/h5-8,11H,9-10H2,1-4H3,(H2,17,18,22). The van der Waals surface area contributed by atoms with Crippen LogP contribution in [-0.2, 0) is 20.0 Å². The van der Waals surface area contributed by atoms with Gasteiger partial charge in [0, 0.05) is 13.6 Å².